The molecule has 1 unspecified atom stereocenters. The third kappa shape index (κ3) is 12.8. The summed E-state index contributed by atoms with van der Waals surface area (Å²) in [5.74, 6) is -0.172. The Hall–Kier alpha value is -0.610. The van der Waals surface area contributed by atoms with Crippen LogP contribution in [0.1, 0.15) is 79.1 Å². The number of carbonyl (C=O) groups is 1. The highest BCUT2D eigenvalue weighted by Gasteiger charge is 2.24. The molecule has 0 bridgehead atoms. The lowest BCUT2D eigenvalue weighted by atomic mass is 10.1. The fourth-order valence-corrected chi connectivity index (χ4v) is 2.16. The minimum atomic E-state index is -0.449. The lowest BCUT2D eigenvalue weighted by Gasteiger charge is -2.24. The van der Waals surface area contributed by atoms with E-state index < -0.39 is 5.60 Å². The highest BCUT2D eigenvalue weighted by Crippen LogP contribution is 2.13. The van der Waals surface area contributed by atoms with Crippen molar-refractivity contribution < 1.29 is 14.6 Å². The third-order valence-electron chi connectivity index (χ3n) is 3.26. The molecule has 21 heavy (non-hydrogen) atoms. The number of ether oxygens (including phenoxy) is 1. The zero-order valence-electron chi connectivity index (χ0n) is 14.4. The number of rotatable bonds is 12. The number of hydrogen-bond acceptors (Lipinski definition) is 4. The van der Waals surface area contributed by atoms with E-state index in [0.29, 0.717) is 13.0 Å². The van der Waals surface area contributed by atoms with E-state index in [9.17, 15) is 4.79 Å². The zero-order valence-corrected chi connectivity index (χ0v) is 14.4. The van der Waals surface area contributed by atoms with Crippen LogP contribution in [-0.2, 0) is 9.53 Å². The highest BCUT2D eigenvalue weighted by molar-refractivity contribution is 5.76. The second-order valence-electron chi connectivity index (χ2n) is 6.67. The van der Waals surface area contributed by atoms with Gasteiger partial charge in [0.1, 0.15) is 11.6 Å². The van der Waals surface area contributed by atoms with Gasteiger partial charge in [-0.1, -0.05) is 45.4 Å². The second kappa shape index (κ2) is 12.0. The molecule has 0 aliphatic carbocycles. The predicted octanol–water partition coefficient (Wildman–Crippen LogP) is 3.42. The van der Waals surface area contributed by atoms with Crippen LogP contribution in [0.5, 0.6) is 0 Å². The van der Waals surface area contributed by atoms with Crippen LogP contribution >= 0.6 is 0 Å². The largest absolute Gasteiger partial charge is 0.459 e. The maximum atomic E-state index is 12.2. The van der Waals surface area contributed by atoms with Crippen molar-refractivity contribution in [3.05, 3.63) is 0 Å². The van der Waals surface area contributed by atoms with Gasteiger partial charge in [-0.25, -0.2) is 0 Å². The molecule has 2 N–H and O–H groups in total. The molecule has 0 saturated carbocycles. The van der Waals surface area contributed by atoms with Crippen molar-refractivity contribution >= 4 is 5.97 Å². The summed E-state index contributed by atoms with van der Waals surface area (Å²) >= 11 is 0. The Morgan fingerprint density at radius 3 is 2.29 bits per heavy atom. The van der Waals surface area contributed by atoms with Crippen LogP contribution in [0.4, 0.5) is 0 Å². The van der Waals surface area contributed by atoms with Crippen LogP contribution in [-0.4, -0.2) is 35.9 Å². The van der Waals surface area contributed by atoms with Gasteiger partial charge in [-0.05, 0) is 40.2 Å². The van der Waals surface area contributed by atoms with Crippen molar-refractivity contribution in [1.82, 2.24) is 5.32 Å². The third-order valence-corrected chi connectivity index (χ3v) is 3.26. The number of nitrogens with one attached hydrogen (secondary N) is 1. The van der Waals surface area contributed by atoms with Crippen molar-refractivity contribution in [2.45, 2.75) is 90.7 Å². The van der Waals surface area contributed by atoms with Crippen LogP contribution < -0.4 is 5.32 Å². The number of carbonyl (C=O) groups excluding carboxylic acids is 1. The zero-order chi connectivity index (χ0) is 16.1. The number of esters is 1. The summed E-state index contributed by atoms with van der Waals surface area (Å²) in [6.45, 7) is 8.67. The van der Waals surface area contributed by atoms with E-state index in [0.717, 1.165) is 12.8 Å². The molecule has 0 aliphatic heterocycles. The van der Waals surface area contributed by atoms with Gasteiger partial charge in [0.15, 0.2) is 0 Å². The summed E-state index contributed by atoms with van der Waals surface area (Å²) in [4.78, 5) is 12.2. The Balaban J connectivity index is 4.10. The van der Waals surface area contributed by atoms with E-state index in [-0.39, 0.29) is 18.6 Å². The van der Waals surface area contributed by atoms with E-state index in [1.165, 1.54) is 32.1 Å². The summed E-state index contributed by atoms with van der Waals surface area (Å²) in [6, 6.07) is -0.248. The number of hydrogen-bond donors (Lipinski definition) is 2. The van der Waals surface area contributed by atoms with E-state index in [4.69, 9.17) is 9.84 Å². The van der Waals surface area contributed by atoms with Gasteiger partial charge >= 0.3 is 5.97 Å². The molecule has 0 rings (SSSR count). The summed E-state index contributed by atoms with van der Waals surface area (Å²) in [5, 5.41) is 12.1. The van der Waals surface area contributed by atoms with Crippen molar-refractivity contribution in [2.24, 2.45) is 0 Å². The van der Waals surface area contributed by atoms with Gasteiger partial charge in [0.2, 0.25) is 0 Å². The van der Waals surface area contributed by atoms with Crippen LogP contribution in [0.25, 0.3) is 0 Å². The van der Waals surface area contributed by atoms with Gasteiger partial charge in [-0.2, -0.15) is 0 Å². The van der Waals surface area contributed by atoms with Crippen molar-refractivity contribution in [1.29, 1.82) is 0 Å². The topological polar surface area (TPSA) is 58.6 Å². The molecule has 0 aromatic rings. The van der Waals surface area contributed by atoms with Crippen molar-refractivity contribution in [3.8, 4) is 0 Å². The van der Waals surface area contributed by atoms with Crippen molar-refractivity contribution in [2.75, 3.05) is 13.2 Å². The van der Waals surface area contributed by atoms with Gasteiger partial charge in [-0.15, -0.1) is 0 Å². The van der Waals surface area contributed by atoms with Crippen LogP contribution in [0.3, 0.4) is 0 Å². The average molecular weight is 301 g/mol. The summed E-state index contributed by atoms with van der Waals surface area (Å²) < 4.78 is 5.46. The average Bonchev–Trinajstić information content (AvgIpc) is 2.38. The molecule has 0 fully saturated rings. The van der Waals surface area contributed by atoms with Gasteiger partial charge in [0.25, 0.3) is 0 Å². The SMILES string of the molecule is CCCCCCCCC(NCCCO)C(=O)OC(C)(C)C. The monoisotopic (exact) mass is 301 g/mol. The first kappa shape index (κ1) is 20.4. The molecule has 0 saturated heterocycles. The predicted molar refractivity (Wildman–Crippen MR) is 87.3 cm³/mol. The Bertz CT molecular complexity index is 261. The molecule has 0 radical (unpaired) electrons. The lowest BCUT2D eigenvalue weighted by molar-refractivity contribution is -0.157. The molecule has 126 valence electrons. The molecular formula is C17H35NO3. The molecule has 0 aliphatic rings. The number of aliphatic hydroxyl groups is 1. The molecule has 0 aromatic heterocycles. The first-order valence-corrected chi connectivity index (χ1v) is 8.47. The summed E-state index contributed by atoms with van der Waals surface area (Å²) in [6.07, 6.45) is 8.76. The van der Waals surface area contributed by atoms with E-state index in [2.05, 4.69) is 12.2 Å². The summed E-state index contributed by atoms with van der Waals surface area (Å²) in [5.41, 5.74) is -0.449. The van der Waals surface area contributed by atoms with Crippen LogP contribution in [0.2, 0.25) is 0 Å². The Kier molecular flexibility index (Phi) is 11.6. The Labute approximate surface area is 130 Å². The first-order chi connectivity index (χ1) is 9.90. The Morgan fingerprint density at radius 2 is 1.71 bits per heavy atom. The van der Waals surface area contributed by atoms with E-state index in [1.54, 1.807) is 0 Å². The normalized spacial score (nSPS) is 13.2. The molecule has 4 nitrogen and oxygen atoms in total. The molecule has 0 heterocycles. The lowest BCUT2D eigenvalue weighted by Crippen LogP contribution is -2.41. The molecule has 0 spiro atoms. The molecule has 0 amide bonds. The number of aliphatic hydroxyl groups excluding tert-OH is 1. The number of unbranched alkanes of at least 4 members (excludes halogenated alkanes) is 5. The quantitative estimate of drug-likeness (QED) is 0.428. The maximum Gasteiger partial charge on any atom is 0.323 e. The van der Waals surface area contributed by atoms with Crippen LogP contribution in [0, 0.1) is 0 Å². The minimum Gasteiger partial charge on any atom is -0.459 e. The standard InChI is InChI=1S/C17H35NO3/c1-5-6-7-8-9-10-12-15(18-13-11-14-19)16(20)21-17(2,3)4/h15,18-19H,5-14H2,1-4H3. The highest BCUT2D eigenvalue weighted by atomic mass is 16.6. The smallest absolute Gasteiger partial charge is 0.323 e. The molecular weight excluding hydrogens is 266 g/mol. The molecule has 0 aromatic carbocycles. The fraction of sp³-hybridized carbons (Fsp3) is 0.941. The first-order valence-electron chi connectivity index (χ1n) is 8.47. The Morgan fingerprint density at radius 1 is 1.10 bits per heavy atom. The summed E-state index contributed by atoms with van der Waals surface area (Å²) in [7, 11) is 0. The second-order valence-corrected chi connectivity index (χ2v) is 6.67. The van der Waals surface area contributed by atoms with Gasteiger partial charge < -0.3 is 15.2 Å². The molecule has 4 heteroatoms. The van der Waals surface area contributed by atoms with E-state index >= 15 is 0 Å². The molecule has 1 atom stereocenters. The van der Waals surface area contributed by atoms with Crippen LogP contribution in [0.15, 0.2) is 0 Å². The van der Waals surface area contributed by atoms with Crippen molar-refractivity contribution in [3.63, 3.8) is 0 Å². The van der Waals surface area contributed by atoms with E-state index in [1.807, 2.05) is 20.8 Å². The minimum absolute atomic E-state index is 0.144. The van der Waals surface area contributed by atoms with Gasteiger partial charge in [-0.3, -0.25) is 4.79 Å². The maximum absolute atomic E-state index is 12.2. The van der Waals surface area contributed by atoms with Gasteiger partial charge in [0.05, 0.1) is 0 Å². The van der Waals surface area contributed by atoms with Gasteiger partial charge in [0, 0.05) is 6.61 Å². The fourth-order valence-electron chi connectivity index (χ4n) is 2.16.